The van der Waals surface area contributed by atoms with Gasteiger partial charge in [-0.1, -0.05) is 36.8 Å². The molecule has 1 amide bonds. The second-order valence-corrected chi connectivity index (χ2v) is 7.55. The Balaban J connectivity index is 1.76. The van der Waals surface area contributed by atoms with Crippen LogP contribution in [0.3, 0.4) is 0 Å². The molecule has 1 atom stereocenters. The van der Waals surface area contributed by atoms with Crippen molar-refractivity contribution in [1.82, 2.24) is 10.8 Å². The van der Waals surface area contributed by atoms with Gasteiger partial charge in [-0.05, 0) is 80.5 Å². The third-order valence-electron chi connectivity index (χ3n) is 5.24. The first-order valence-electron chi connectivity index (χ1n) is 9.86. The number of rotatable bonds is 10. The Morgan fingerprint density at radius 2 is 1.71 bits per heavy atom. The zero-order valence-electron chi connectivity index (χ0n) is 17.0. The van der Waals surface area contributed by atoms with Gasteiger partial charge in [-0.15, -0.1) is 0 Å². The maximum Gasteiger partial charge on any atom is 0.246 e. The Labute approximate surface area is 167 Å². The van der Waals surface area contributed by atoms with Crippen molar-refractivity contribution < 1.29 is 14.4 Å². The van der Waals surface area contributed by atoms with Crippen molar-refractivity contribution in [2.24, 2.45) is 5.92 Å². The second-order valence-electron chi connectivity index (χ2n) is 7.55. The van der Waals surface area contributed by atoms with Crippen LogP contribution in [-0.4, -0.2) is 17.7 Å². The van der Waals surface area contributed by atoms with Crippen molar-refractivity contribution >= 4 is 5.91 Å². The summed E-state index contributed by atoms with van der Waals surface area (Å²) in [5.41, 5.74) is 7.08. The molecule has 0 spiro atoms. The minimum Gasteiger partial charge on any atom is -0.313 e. The van der Waals surface area contributed by atoms with Crippen molar-refractivity contribution in [3.8, 4) is 0 Å². The van der Waals surface area contributed by atoms with Gasteiger partial charge >= 0.3 is 0 Å². The summed E-state index contributed by atoms with van der Waals surface area (Å²) in [7, 11) is 0. The lowest BCUT2D eigenvalue weighted by atomic mass is 9.92. The molecule has 4 nitrogen and oxygen atoms in total. The Morgan fingerprint density at radius 3 is 2.39 bits per heavy atom. The number of unbranched alkanes of at least 4 members (excludes halogenated alkanes) is 1. The van der Waals surface area contributed by atoms with Crippen molar-refractivity contribution in [2.45, 2.75) is 53.0 Å². The topological polar surface area (TPSA) is 61.4 Å². The smallest absolute Gasteiger partial charge is 0.246 e. The Bertz CT molecular complexity index is 792. The first-order valence-corrected chi connectivity index (χ1v) is 9.86. The van der Waals surface area contributed by atoms with E-state index in [1.807, 2.05) is 17.6 Å². The number of hydrogen-bond donors (Lipinski definition) is 3. The van der Waals surface area contributed by atoms with Crippen molar-refractivity contribution in [2.75, 3.05) is 6.54 Å². The fourth-order valence-corrected chi connectivity index (χ4v) is 3.32. The lowest BCUT2D eigenvalue weighted by Crippen LogP contribution is -2.29. The third-order valence-corrected chi connectivity index (χ3v) is 5.24. The van der Waals surface area contributed by atoms with E-state index in [9.17, 15) is 9.18 Å². The van der Waals surface area contributed by atoms with Gasteiger partial charge in [-0.2, -0.15) is 0 Å². The molecule has 2 rings (SSSR count). The lowest BCUT2D eigenvalue weighted by Gasteiger charge is -2.16. The maximum atomic E-state index is 13.3. The highest BCUT2D eigenvalue weighted by molar-refractivity contribution is 5.77. The fraction of sp³-hybridized carbons (Fsp3) is 0.435. The SMILES string of the molecule is Cc1ccc(C[C@H](CCCCNCc2ccc(F)c(C)c2)C(=O)NO)cc1C. The Morgan fingerprint density at radius 1 is 1.00 bits per heavy atom. The predicted molar refractivity (Wildman–Crippen MR) is 110 cm³/mol. The number of aryl methyl sites for hydroxylation is 3. The van der Waals surface area contributed by atoms with Crippen molar-refractivity contribution in [3.05, 3.63) is 70.0 Å². The summed E-state index contributed by atoms with van der Waals surface area (Å²) in [5.74, 6) is -0.749. The molecule has 5 heteroatoms. The highest BCUT2D eigenvalue weighted by Crippen LogP contribution is 2.18. The van der Waals surface area contributed by atoms with E-state index >= 15 is 0 Å². The minimum absolute atomic E-state index is 0.180. The number of hydrogen-bond acceptors (Lipinski definition) is 3. The van der Waals surface area contributed by atoms with E-state index in [2.05, 4.69) is 31.3 Å². The monoisotopic (exact) mass is 386 g/mol. The van der Waals surface area contributed by atoms with Crippen molar-refractivity contribution in [1.29, 1.82) is 0 Å². The number of nitrogens with one attached hydrogen (secondary N) is 2. The largest absolute Gasteiger partial charge is 0.313 e. The Kier molecular flexibility index (Phi) is 8.61. The van der Waals surface area contributed by atoms with Gasteiger partial charge < -0.3 is 5.32 Å². The lowest BCUT2D eigenvalue weighted by molar-refractivity contribution is -0.133. The number of amides is 1. The summed E-state index contributed by atoms with van der Waals surface area (Å²) < 4.78 is 13.3. The van der Waals surface area contributed by atoms with Gasteiger partial charge in [-0.3, -0.25) is 10.0 Å². The van der Waals surface area contributed by atoms with Gasteiger partial charge in [0, 0.05) is 12.5 Å². The first kappa shape index (κ1) is 22.1. The minimum atomic E-state index is -0.326. The molecule has 0 aliphatic rings. The molecule has 0 saturated carbocycles. The summed E-state index contributed by atoms with van der Waals surface area (Å²) in [6, 6.07) is 11.4. The summed E-state index contributed by atoms with van der Waals surface area (Å²) in [4.78, 5) is 12.0. The molecule has 0 aromatic heterocycles. The van der Waals surface area contributed by atoms with Gasteiger partial charge in [0.25, 0.3) is 0 Å². The number of halogens is 1. The zero-order valence-corrected chi connectivity index (χ0v) is 17.0. The van der Waals surface area contributed by atoms with E-state index in [0.717, 1.165) is 36.9 Å². The normalized spacial score (nSPS) is 12.0. The van der Waals surface area contributed by atoms with E-state index in [1.165, 1.54) is 17.2 Å². The first-order chi connectivity index (χ1) is 13.4. The van der Waals surface area contributed by atoms with Crippen LogP contribution >= 0.6 is 0 Å². The highest BCUT2D eigenvalue weighted by atomic mass is 19.1. The molecule has 28 heavy (non-hydrogen) atoms. The molecule has 0 bridgehead atoms. The average Bonchev–Trinajstić information content (AvgIpc) is 2.68. The number of benzene rings is 2. The molecule has 0 radical (unpaired) electrons. The average molecular weight is 387 g/mol. The van der Waals surface area contributed by atoms with Crippen LogP contribution in [0.5, 0.6) is 0 Å². The van der Waals surface area contributed by atoms with E-state index in [0.29, 0.717) is 18.5 Å². The second kappa shape index (κ2) is 10.9. The van der Waals surface area contributed by atoms with Crippen LogP contribution < -0.4 is 10.8 Å². The van der Waals surface area contributed by atoms with Crippen LogP contribution in [0.1, 0.15) is 47.1 Å². The third kappa shape index (κ3) is 6.73. The zero-order chi connectivity index (χ0) is 20.5. The molecule has 0 heterocycles. The van der Waals surface area contributed by atoms with Crippen LogP contribution in [0, 0.1) is 32.5 Å². The molecule has 0 saturated heterocycles. The van der Waals surface area contributed by atoms with Crippen LogP contribution in [0.2, 0.25) is 0 Å². The summed E-state index contributed by atoms with van der Waals surface area (Å²) >= 11 is 0. The van der Waals surface area contributed by atoms with Crippen molar-refractivity contribution in [3.63, 3.8) is 0 Å². The molecular weight excluding hydrogens is 355 g/mol. The molecule has 0 aliphatic carbocycles. The van der Waals surface area contributed by atoms with Crippen LogP contribution in [0.25, 0.3) is 0 Å². The summed E-state index contributed by atoms with van der Waals surface area (Å²) in [6.45, 7) is 7.42. The van der Waals surface area contributed by atoms with Crippen LogP contribution in [0.4, 0.5) is 4.39 Å². The molecule has 3 N–H and O–H groups in total. The summed E-state index contributed by atoms with van der Waals surface area (Å²) in [6.07, 6.45) is 3.16. The summed E-state index contributed by atoms with van der Waals surface area (Å²) in [5, 5.41) is 12.4. The van der Waals surface area contributed by atoms with Gasteiger partial charge in [-0.25, -0.2) is 9.87 Å². The van der Waals surface area contributed by atoms with Crippen LogP contribution in [0.15, 0.2) is 36.4 Å². The van der Waals surface area contributed by atoms with E-state index in [4.69, 9.17) is 5.21 Å². The molecule has 2 aromatic rings. The molecule has 152 valence electrons. The number of hydroxylamine groups is 1. The van der Waals surface area contributed by atoms with Gasteiger partial charge in [0.05, 0.1) is 0 Å². The Hall–Kier alpha value is -2.24. The molecular formula is C23H31FN2O2. The molecule has 0 fully saturated rings. The standard InChI is InChI=1S/C23H31FN2O2/c1-16-7-8-19(12-17(16)2)14-21(23(27)26-28)6-4-5-11-25-15-20-9-10-22(24)18(3)13-20/h7-10,12-13,21,25,28H,4-6,11,14-15H2,1-3H3,(H,26,27)/t21-/m0/s1. The number of carbonyl (C=O) groups excluding carboxylic acids is 1. The van der Waals surface area contributed by atoms with E-state index in [-0.39, 0.29) is 17.6 Å². The van der Waals surface area contributed by atoms with Gasteiger partial charge in [0.1, 0.15) is 5.82 Å². The molecule has 0 aliphatic heterocycles. The van der Waals surface area contributed by atoms with E-state index < -0.39 is 0 Å². The van der Waals surface area contributed by atoms with Gasteiger partial charge in [0.15, 0.2) is 0 Å². The fourth-order valence-electron chi connectivity index (χ4n) is 3.32. The maximum absolute atomic E-state index is 13.3. The van der Waals surface area contributed by atoms with Gasteiger partial charge in [0.2, 0.25) is 5.91 Å². The quantitative estimate of drug-likeness (QED) is 0.323. The highest BCUT2D eigenvalue weighted by Gasteiger charge is 2.18. The molecule has 0 unspecified atom stereocenters. The predicted octanol–water partition coefficient (Wildman–Crippen LogP) is 4.38. The molecule has 2 aromatic carbocycles. The number of carbonyl (C=O) groups is 1. The van der Waals surface area contributed by atoms with Crippen LogP contribution in [-0.2, 0) is 17.8 Å². The van der Waals surface area contributed by atoms with E-state index in [1.54, 1.807) is 13.0 Å².